The van der Waals surface area contributed by atoms with Crippen LogP contribution in [0.5, 0.6) is 0 Å². The Labute approximate surface area is 119 Å². The first-order valence-corrected chi connectivity index (χ1v) is 6.64. The molecule has 0 saturated carbocycles. The van der Waals surface area contributed by atoms with Crippen molar-refractivity contribution < 1.29 is 18.0 Å². The molecule has 2 rings (SSSR count). The summed E-state index contributed by atoms with van der Waals surface area (Å²) in [4.78, 5) is 13.5. The molecule has 110 valence electrons. The fourth-order valence-electron chi connectivity index (χ4n) is 2.26. The van der Waals surface area contributed by atoms with Gasteiger partial charge in [0, 0.05) is 6.54 Å². The van der Waals surface area contributed by atoms with E-state index in [0.29, 0.717) is 25.2 Å². The number of hydrogen-bond donors (Lipinski definition) is 1. The predicted molar refractivity (Wildman–Crippen MR) is 70.9 cm³/mol. The summed E-state index contributed by atoms with van der Waals surface area (Å²) in [5.74, 6) is -0.159. The largest absolute Gasteiger partial charge is 0.416 e. The molecule has 1 amide bonds. The molecule has 1 atom stereocenters. The summed E-state index contributed by atoms with van der Waals surface area (Å²) < 4.78 is 37.7. The van der Waals surface area contributed by atoms with Crippen LogP contribution in [0, 0.1) is 0 Å². The number of amides is 1. The molecule has 1 N–H and O–H groups in total. The van der Waals surface area contributed by atoms with Gasteiger partial charge in [-0.25, -0.2) is 0 Å². The Morgan fingerprint density at radius 3 is 2.70 bits per heavy atom. The number of nitrogens with one attached hydrogen (secondary N) is 1. The number of anilines is 1. The second-order valence-corrected chi connectivity index (χ2v) is 4.96. The van der Waals surface area contributed by atoms with Gasteiger partial charge in [-0.2, -0.15) is 13.2 Å². The Bertz CT molecular complexity index is 519. The minimum absolute atomic E-state index is 0.0645. The SMILES string of the molecule is CCNC1CCN(c2ccc(C(F)(F)F)cc2Cl)C1=O. The van der Waals surface area contributed by atoms with E-state index in [1.807, 2.05) is 6.92 Å². The van der Waals surface area contributed by atoms with Crippen LogP contribution in [0.4, 0.5) is 18.9 Å². The molecule has 0 aliphatic carbocycles. The van der Waals surface area contributed by atoms with E-state index in [0.717, 1.165) is 12.1 Å². The van der Waals surface area contributed by atoms with Gasteiger partial charge in [-0.1, -0.05) is 18.5 Å². The predicted octanol–water partition coefficient (Wildman–Crippen LogP) is 3.07. The molecule has 20 heavy (non-hydrogen) atoms. The standard InChI is InChI=1S/C13H14ClF3N2O/c1-2-18-10-5-6-19(12(10)20)11-4-3-8(7-9(11)14)13(15,16)17/h3-4,7,10,18H,2,5-6H2,1H3. The Hall–Kier alpha value is -1.27. The average molecular weight is 307 g/mol. The Morgan fingerprint density at radius 1 is 1.45 bits per heavy atom. The fourth-order valence-corrected chi connectivity index (χ4v) is 2.54. The minimum Gasteiger partial charge on any atom is -0.310 e. The zero-order valence-electron chi connectivity index (χ0n) is 10.8. The van der Waals surface area contributed by atoms with Gasteiger partial charge < -0.3 is 10.2 Å². The third kappa shape index (κ3) is 2.91. The van der Waals surface area contributed by atoms with E-state index < -0.39 is 11.7 Å². The van der Waals surface area contributed by atoms with Crippen molar-refractivity contribution in [2.24, 2.45) is 0 Å². The van der Waals surface area contributed by atoms with Gasteiger partial charge in [0.2, 0.25) is 5.91 Å². The number of nitrogens with zero attached hydrogens (tertiary/aromatic N) is 1. The molecule has 1 aromatic carbocycles. The first-order valence-electron chi connectivity index (χ1n) is 6.26. The monoisotopic (exact) mass is 306 g/mol. The van der Waals surface area contributed by atoms with E-state index in [4.69, 9.17) is 11.6 Å². The summed E-state index contributed by atoms with van der Waals surface area (Å²) in [7, 11) is 0. The summed E-state index contributed by atoms with van der Waals surface area (Å²) in [5.41, 5.74) is -0.494. The van der Waals surface area contributed by atoms with Gasteiger partial charge in [0.25, 0.3) is 0 Å². The molecule has 1 heterocycles. The molecular formula is C13H14ClF3N2O. The number of carbonyl (C=O) groups excluding carboxylic acids is 1. The number of rotatable bonds is 3. The second-order valence-electron chi connectivity index (χ2n) is 4.55. The molecule has 3 nitrogen and oxygen atoms in total. The molecular weight excluding hydrogens is 293 g/mol. The minimum atomic E-state index is -4.44. The van der Waals surface area contributed by atoms with Crippen LogP contribution in [-0.4, -0.2) is 25.0 Å². The molecule has 0 aromatic heterocycles. The van der Waals surface area contributed by atoms with Crippen LogP contribution in [0.25, 0.3) is 0 Å². The molecule has 1 fully saturated rings. The smallest absolute Gasteiger partial charge is 0.310 e. The van der Waals surface area contributed by atoms with Crippen LogP contribution in [0.15, 0.2) is 18.2 Å². The van der Waals surface area contributed by atoms with Crippen LogP contribution in [-0.2, 0) is 11.0 Å². The van der Waals surface area contributed by atoms with E-state index in [-0.39, 0.29) is 17.0 Å². The third-order valence-electron chi connectivity index (χ3n) is 3.22. The quantitative estimate of drug-likeness (QED) is 0.931. The summed E-state index contributed by atoms with van der Waals surface area (Å²) in [5, 5.41) is 2.97. The van der Waals surface area contributed by atoms with Gasteiger partial charge in [-0.15, -0.1) is 0 Å². The molecule has 1 aliphatic heterocycles. The van der Waals surface area contributed by atoms with Crippen molar-refractivity contribution in [1.29, 1.82) is 0 Å². The van der Waals surface area contributed by atoms with Gasteiger partial charge in [-0.05, 0) is 31.2 Å². The Morgan fingerprint density at radius 2 is 2.15 bits per heavy atom. The lowest BCUT2D eigenvalue weighted by atomic mass is 10.2. The number of hydrogen-bond acceptors (Lipinski definition) is 2. The lowest BCUT2D eigenvalue weighted by molar-refractivity contribution is -0.137. The second kappa shape index (κ2) is 5.61. The number of alkyl halides is 3. The van der Waals surface area contributed by atoms with Crippen molar-refractivity contribution >= 4 is 23.2 Å². The zero-order valence-corrected chi connectivity index (χ0v) is 11.6. The van der Waals surface area contributed by atoms with Crippen molar-refractivity contribution in [1.82, 2.24) is 5.32 Å². The topological polar surface area (TPSA) is 32.3 Å². The van der Waals surface area contributed by atoms with E-state index in [9.17, 15) is 18.0 Å². The van der Waals surface area contributed by atoms with Gasteiger partial charge in [-0.3, -0.25) is 4.79 Å². The summed E-state index contributed by atoms with van der Waals surface area (Å²) in [6.45, 7) is 2.99. The molecule has 1 aromatic rings. The van der Waals surface area contributed by atoms with Gasteiger partial charge >= 0.3 is 6.18 Å². The lowest BCUT2D eigenvalue weighted by Crippen LogP contribution is -2.38. The summed E-state index contributed by atoms with van der Waals surface area (Å²) in [6.07, 6.45) is -3.83. The van der Waals surface area contributed by atoms with E-state index in [2.05, 4.69) is 5.32 Å². The number of halogens is 4. The lowest BCUT2D eigenvalue weighted by Gasteiger charge is -2.19. The highest BCUT2D eigenvalue weighted by molar-refractivity contribution is 6.34. The van der Waals surface area contributed by atoms with E-state index in [1.54, 1.807) is 0 Å². The van der Waals surface area contributed by atoms with Crippen molar-refractivity contribution in [2.75, 3.05) is 18.0 Å². The van der Waals surface area contributed by atoms with Crippen LogP contribution in [0.1, 0.15) is 18.9 Å². The van der Waals surface area contributed by atoms with Crippen LogP contribution in [0.3, 0.4) is 0 Å². The maximum absolute atomic E-state index is 12.6. The number of carbonyl (C=O) groups is 1. The normalized spacial score (nSPS) is 19.8. The molecule has 0 spiro atoms. The highest BCUT2D eigenvalue weighted by Gasteiger charge is 2.35. The Kier molecular flexibility index (Phi) is 4.25. The first-order chi connectivity index (χ1) is 9.34. The van der Waals surface area contributed by atoms with E-state index in [1.165, 1.54) is 11.0 Å². The maximum Gasteiger partial charge on any atom is 0.416 e. The molecule has 7 heteroatoms. The fraction of sp³-hybridized carbons (Fsp3) is 0.462. The zero-order chi connectivity index (χ0) is 14.9. The van der Waals surface area contributed by atoms with Crippen molar-refractivity contribution in [3.63, 3.8) is 0 Å². The molecule has 1 aliphatic rings. The van der Waals surface area contributed by atoms with E-state index >= 15 is 0 Å². The van der Waals surface area contributed by atoms with Crippen molar-refractivity contribution in [3.05, 3.63) is 28.8 Å². The average Bonchev–Trinajstić information content (AvgIpc) is 2.71. The summed E-state index contributed by atoms with van der Waals surface area (Å²) in [6, 6.07) is 2.75. The highest BCUT2D eigenvalue weighted by Crippen LogP contribution is 2.36. The van der Waals surface area contributed by atoms with Crippen molar-refractivity contribution in [2.45, 2.75) is 25.6 Å². The summed E-state index contributed by atoms with van der Waals surface area (Å²) >= 11 is 5.89. The molecule has 0 radical (unpaired) electrons. The van der Waals surface area contributed by atoms with Gasteiger partial charge in [0.15, 0.2) is 0 Å². The van der Waals surface area contributed by atoms with Gasteiger partial charge in [0.1, 0.15) is 0 Å². The first kappa shape index (κ1) is 15.1. The van der Waals surface area contributed by atoms with Crippen molar-refractivity contribution in [3.8, 4) is 0 Å². The third-order valence-corrected chi connectivity index (χ3v) is 3.52. The van der Waals surface area contributed by atoms with Crippen LogP contribution in [0.2, 0.25) is 5.02 Å². The number of likely N-dealkylation sites (N-methyl/N-ethyl adjacent to an activating group) is 1. The maximum atomic E-state index is 12.6. The highest BCUT2D eigenvalue weighted by atomic mass is 35.5. The molecule has 1 saturated heterocycles. The Balaban J connectivity index is 2.25. The van der Waals surface area contributed by atoms with Crippen LogP contribution >= 0.6 is 11.6 Å². The number of benzene rings is 1. The van der Waals surface area contributed by atoms with Gasteiger partial charge in [0.05, 0.1) is 22.3 Å². The molecule has 1 unspecified atom stereocenters. The van der Waals surface area contributed by atoms with Crippen LogP contribution < -0.4 is 10.2 Å². The molecule has 0 bridgehead atoms.